The molecule has 0 saturated heterocycles. The fourth-order valence-corrected chi connectivity index (χ4v) is 3.03. The van der Waals surface area contributed by atoms with Crippen LogP contribution in [0.4, 0.5) is 0 Å². The Kier molecular flexibility index (Phi) is 9.38. The van der Waals surface area contributed by atoms with Crippen LogP contribution in [0.15, 0.2) is 29.4 Å². The number of methoxy groups -OCH3 is 1. The molecular weight excluding hydrogens is 459 g/mol. The molecule has 2 aromatic rings. The number of benzene rings is 1. The molecule has 24 heavy (non-hydrogen) atoms. The number of aliphatic imine (C=N–C) groups is 1. The van der Waals surface area contributed by atoms with Crippen LogP contribution in [0.25, 0.3) is 0 Å². The number of hydrogen-bond donors (Lipinski definition) is 2. The van der Waals surface area contributed by atoms with Gasteiger partial charge in [-0.3, -0.25) is 4.99 Å². The fourth-order valence-electron chi connectivity index (χ4n) is 2.04. The summed E-state index contributed by atoms with van der Waals surface area (Å²) in [6, 6.07) is 5.73. The first-order valence-corrected chi connectivity index (χ1v) is 8.50. The summed E-state index contributed by atoms with van der Waals surface area (Å²) in [6.45, 7) is 3.46. The summed E-state index contributed by atoms with van der Waals surface area (Å²) in [5, 5.41) is 8.29. The molecule has 0 aliphatic heterocycles. The largest absolute Gasteiger partial charge is 0.497 e. The fraction of sp³-hybridized carbons (Fsp3) is 0.375. The minimum atomic E-state index is 0. The van der Waals surface area contributed by atoms with E-state index in [1.165, 1.54) is 4.88 Å². The minimum absolute atomic E-state index is 0. The van der Waals surface area contributed by atoms with E-state index in [4.69, 9.17) is 16.3 Å². The number of rotatable bonds is 6. The molecule has 0 aliphatic rings. The standard InChI is InChI=1S/C16H21ClN4OS.HI/c1-11-9-20-15(23-11)10-21-16(18-2)19-7-6-12-4-5-13(22-3)8-14(12)17;/h4-5,8-9H,6-7,10H2,1-3H3,(H2,18,19,21);1H. The summed E-state index contributed by atoms with van der Waals surface area (Å²) < 4.78 is 5.15. The average Bonchev–Trinajstić information content (AvgIpc) is 2.97. The van der Waals surface area contributed by atoms with Crippen LogP contribution < -0.4 is 15.4 Å². The van der Waals surface area contributed by atoms with Crippen molar-refractivity contribution in [1.29, 1.82) is 0 Å². The molecule has 8 heteroatoms. The Hall–Kier alpha value is -1.06. The van der Waals surface area contributed by atoms with Gasteiger partial charge in [-0.25, -0.2) is 4.98 Å². The zero-order chi connectivity index (χ0) is 16.7. The summed E-state index contributed by atoms with van der Waals surface area (Å²) in [5.41, 5.74) is 1.07. The predicted molar refractivity (Wildman–Crippen MR) is 112 cm³/mol. The molecule has 2 rings (SSSR count). The number of aryl methyl sites for hydroxylation is 1. The van der Waals surface area contributed by atoms with Gasteiger partial charge in [-0.1, -0.05) is 17.7 Å². The van der Waals surface area contributed by atoms with E-state index >= 15 is 0 Å². The Morgan fingerprint density at radius 1 is 1.38 bits per heavy atom. The van der Waals surface area contributed by atoms with Crippen LogP contribution >= 0.6 is 46.9 Å². The zero-order valence-electron chi connectivity index (χ0n) is 13.9. The average molecular weight is 481 g/mol. The first kappa shape index (κ1) is 21.0. The number of ether oxygens (including phenoxy) is 1. The van der Waals surface area contributed by atoms with E-state index in [0.29, 0.717) is 11.6 Å². The quantitative estimate of drug-likeness (QED) is 0.377. The summed E-state index contributed by atoms with van der Waals surface area (Å²) in [4.78, 5) is 9.74. The van der Waals surface area contributed by atoms with Crippen molar-refractivity contribution in [2.75, 3.05) is 20.7 Å². The molecule has 0 saturated carbocycles. The van der Waals surface area contributed by atoms with Crippen molar-refractivity contribution >= 4 is 52.9 Å². The zero-order valence-corrected chi connectivity index (χ0v) is 17.8. The highest BCUT2D eigenvalue weighted by Gasteiger charge is 2.04. The van der Waals surface area contributed by atoms with Gasteiger partial charge in [0.1, 0.15) is 10.8 Å². The van der Waals surface area contributed by atoms with E-state index in [2.05, 4.69) is 20.6 Å². The number of hydrogen-bond acceptors (Lipinski definition) is 4. The van der Waals surface area contributed by atoms with Crippen LogP contribution in [0.2, 0.25) is 5.02 Å². The third kappa shape index (κ3) is 6.45. The molecule has 0 radical (unpaired) electrons. The Labute approximate surface area is 168 Å². The van der Waals surface area contributed by atoms with Gasteiger partial charge in [-0.15, -0.1) is 35.3 Å². The molecule has 0 atom stereocenters. The second-order valence-electron chi connectivity index (χ2n) is 4.92. The van der Waals surface area contributed by atoms with E-state index in [-0.39, 0.29) is 24.0 Å². The predicted octanol–water partition coefficient (Wildman–Crippen LogP) is 3.64. The summed E-state index contributed by atoms with van der Waals surface area (Å²) in [5.74, 6) is 1.52. The number of halogens is 2. The molecule has 2 N–H and O–H groups in total. The lowest BCUT2D eigenvalue weighted by Gasteiger charge is -2.12. The molecule has 0 unspecified atom stereocenters. The second-order valence-corrected chi connectivity index (χ2v) is 6.65. The van der Waals surface area contributed by atoms with Crippen molar-refractivity contribution in [3.8, 4) is 5.75 Å². The molecule has 0 fully saturated rings. The normalized spacial score (nSPS) is 10.9. The molecule has 5 nitrogen and oxygen atoms in total. The summed E-state index contributed by atoms with van der Waals surface area (Å²) >= 11 is 7.92. The van der Waals surface area contributed by atoms with Crippen LogP contribution in [0, 0.1) is 6.92 Å². The lowest BCUT2D eigenvalue weighted by atomic mass is 10.1. The maximum absolute atomic E-state index is 6.24. The SMILES string of the molecule is CN=C(NCCc1ccc(OC)cc1Cl)NCc1ncc(C)s1.I. The van der Waals surface area contributed by atoms with Crippen LogP contribution in [0.1, 0.15) is 15.4 Å². The van der Waals surface area contributed by atoms with E-state index in [9.17, 15) is 0 Å². The second kappa shape index (κ2) is 10.7. The monoisotopic (exact) mass is 480 g/mol. The molecule has 0 bridgehead atoms. The number of guanidine groups is 1. The van der Waals surface area contributed by atoms with E-state index in [0.717, 1.165) is 35.2 Å². The molecule has 0 spiro atoms. The number of nitrogens with zero attached hydrogens (tertiary/aromatic N) is 2. The van der Waals surface area contributed by atoms with Crippen LogP contribution in [0.3, 0.4) is 0 Å². The molecule has 0 aliphatic carbocycles. The molecule has 0 amide bonds. The van der Waals surface area contributed by atoms with Gasteiger partial charge < -0.3 is 15.4 Å². The lowest BCUT2D eigenvalue weighted by molar-refractivity contribution is 0.414. The van der Waals surface area contributed by atoms with Crippen LogP contribution in [-0.2, 0) is 13.0 Å². The van der Waals surface area contributed by atoms with Gasteiger partial charge in [0.15, 0.2) is 5.96 Å². The number of aromatic nitrogens is 1. The molecule has 1 aromatic heterocycles. The lowest BCUT2D eigenvalue weighted by Crippen LogP contribution is -2.37. The Bertz CT molecular complexity index is 678. The van der Waals surface area contributed by atoms with Crippen molar-refractivity contribution in [3.05, 3.63) is 44.9 Å². The van der Waals surface area contributed by atoms with Gasteiger partial charge in [-0.05, 0) is 31.0 Å². The van der Waals surface area contributed by atoms with E-state index in [1.54, 1.807) is 25.5 Å². The van der Waals surface area contributed by atoms with Gasteiger partial charge >= 0.3 is 0 Å². The maximum Gasteiger partial charge on any atom is 0.191 e. The summed E-state index contributed by atoms with van der Waals surface area (Å²) in [7, 11) is 3.38. The Balaban J connectivity index is 0.00000288. The first-order valence-electron chi connectivity index (χ1n) is 7.30. The van der Waals surface area contributed by atoms with Gasteiger partial charge in [0.25, 0.3) is 0 Å². The van der Waals surface area contributed by atoms with Crippen molar-refractivity contribution in [3.63, 3.8) is 0 Å². The van der Waals surface area contributed by atoms with Gasteiger partial charge in [0.2, 0.25) is 0 Å². The molecule has 132 valence electrons. The van der Waals surface area contributed by atoms with Crippen LogP contribution in [0.5, 0.6) is 5.75 Å². The Morgan fingerprint density at radius 3 is 2.75 bits per heavy atom. The Morgan fingerprint density at radius 2 is 2.17 bits per heavy atom. The third-order valence-electron chi connectivity index (χ3n) is 3.25. The van der Waals surface area contributed by atoms with Gasteiger partial charge in [0.05, 0.1) is 13.7 Å². The highest BCUT2D eigenvalue weighted by molar-refractivity contribution is 14.0. The third-order valence-corrected chi connectivity index (χ3v) is 4.51. The molecular formula is C16H22ClIN4OS. The number of nitrogens with one attached hydrogen (secondary N) is 2. The topological polar surface area (TPSA) is 58.5 Å². The maximum atomic E-state index is 6.24. The van der Waals surface area contributed by atoms with Crippen LogP contribution in [-0.4, -0.2) is 31.6 Å². The van der Waals surface area contributed by atoms with E-state index < -0.39 is 0 Å². The highest BCUT2D eigenvalue weighted by Crippen LogP contribution is 2.22. The van der Waals surface area contributed by atoms with E-state index in [1.807, 2.05) is 31.3 Å². The molecule has 1 aromatic carbocycles. The highest BCUT2D eigenvalue weighted by atomic mass is 127. The van der Waals surface area contributed by atoms with Crippen molar-refractivity contribution in [2.45, 2.75) is 19.9 Å². The first-order chi connectivity index (χ1) is 11.1. The van der Waals surface area contributed by atoms with Crippen molar-refractivity contribution in [1.82, 2.24) is 15.6 Å². The van der Waals surface area contributed by atoms with Gasteiger partial charge in [-0.2, -0.15) is 0 Å². The van der Waals surface area contributed by atoms with Crippen molar-refractivity contribution in [2.24, 2.45) is 4.99 Å². The molecule has 1 heterocycles. The van der Waals surface area contributed by atoms with Crippen molar-refractivity contribution < 1.29 is 4.74 Å². The summed E-state index contributed by atoms with van der Waals surface area (Å²) in [6.07, 6.45) is 2.68. The number of thiazole rings is 1. The smallest absolute Gasteiger partial charge is 0.191 e. The minimum Gasteiger partial charge on any atom is -0.497 e. The van der Waals surface area contributed by atoms with Gasteiger partial charge in [0, 0.05) is 29.7 Å².